The molecule has 1 aliphatic heterocycles. The molecule has 1 atom stereocenters. The molecule has 1 N–H and O–H groups in total. The van der Waals surface area contributed by atoms with Crippen LogP contribution in [0.1, 0.15) is 42.9 Å². The molecule has 40 heavy (non-hydrogen) atoms. The second-order valence-corrected chi connectivity index (χ2v) is 12.5. The fraction of sp³-hybridized carbons (Fsp3) is 0.355. The van der Waals surface area contributed by atoms with Crippen molar-refractivity contribution in [1.29, 1.82) is 0 Å². The molecular formula is C31H36ClN3O4S. The number of sulfonamides is 1. The number of nitrogens with one attached hydrogen (secondary N) is 1. The molecule has 4 rings (SSSR count). The van der Waals surface area contributed by atoms with Crippen LogP contribution in [0.15, 0.2) is 83.8 Å². The van der Waals surface area contributed by atoms with Crippen LogP contribution in [0, 0.1) is 0 Å². The Morgan fingerprint density at radius 1 is 0.875 bits per heavy atom. The number of hydrogen-bond donors (Lipinski definition) is 1. The molecule has 0 spiro atoms. The highest BCUT2D eigenvalue weighted by molar-refractivity contribution is 7.89. The third-order valence-electron chi connectivity index (χ3n) is 7.24. The number of hydrogen-bond acceptors (Lipinski definition) is 4. The zero-order chi connectivity index (χ0) is 28.5. The molecule has 0 bridgehead atoms. The van der Waals surface area contributed by atoms with Crippen LogP contribution >= 0.6 is 11.6 Å². The average Bonchev–Trinajstić information content (AvgIpc) is 3.52. The van der Waals surface area contributed by atoms with Crippen LogP contribution in [0.3, 0.4) is 0 Å². The molecule has 1 unspecified atom stereocenters. The van der Waals surface area contributed by atoms with Crippen molar-refractivity contribution < 1.29 is 18.0 Å². The molecule has 1 saturated heterocycles. The minimum Gasteiger partial charge on any atom is -0.354 e. The zero-order valence-corrected chi connectivity index (χ0v) is 24.3. The molecule has 2 amide bonds. The maximum Gasteiger partial charge on any atom is 0.243 e. The second-order valence-electron chi connectivity index (χ2n) is 10.1. The highest BCUT2D eigenvalue weighted by Crippen LogP contribution is 2.22. The Morgan fingerprint density at radius 2 is 1.48 bits per heavy atom. The fourth-order valence-electron chi connectivity index (χ4n) is 4.79. The van der Waals surface area contributed by atoms with E-state index in [1.54, 1.807) is 48.2 Å². The lowest BCUT2D eigenvalue weighted by molar-refractivity contribution is -0.140. The number of benzene rings is 3. The van der Waals surface area contributed by atoms with E-state index in [9.17, 15) is 18.0 Å². The highest BCUT2D eigenvalue weighted by Gasteiger charge is 2.28. The van der Waals surface area contributed by atoms with Crippen LogP contribution in [-0.4, -0.2) is 55.1 Å². The number of nitrogens with zero attached hydrogens (tertiary/aromatic N) is 2. The van der Waals surface area contributed by atoms with Crippen molar-refractivity contribution in [2.45, 2.75) is 56.5 Å². The molecule has 212 valence electrons. The molecule has 0 aromatic heterocycles. The van der Waals surface area contributed by atoms with Gasteiger partial charge >= 0.3 is 0 Å². The van der Waals surface area contributed by atoms with E-state index in [2.05, 4.69) is 5.32 Å². The third-order valence-corrected chi connectivity index (χ3v) is 9.41. The van der Waals surface area contributed by atoms with E-state index >= 15 is 0 Å². The molecule has 1 heterocycles. The lowest BCUT2D eigenvalue weighted by Crippen LogP contribution is -2.48. The first-order chi connectivity index (χ1) is 19.2. The predicted octanol–water partition coefficient (Wildman–Crippen LogP) is 4.83. The van der Waals surface area contributed by atoms with Crippen molar-refractivity contribution in [1.82, 2.24) is 14.5 Å². The van der Waals surface area contributed by atoms with Gasteiger partial charge in [0.2, 0.25) is 21.8 Å². The van der Waals surface area contributed by atoms with Crippen molar-refractivity contribution in [2.24, 2.45) is 0 Å². The summed E-state index contributed by atoms with van der Waals surface area (Å²) in [5, 5.41) is 3.56. The number of aryl methyl sites for hydroxylation is 1. The van der Waals surface area contributed by atoms with E-state index in [-0.39, 0.29) is 29.7 Å². The van der Waals surface area contributed by atoms with Gasteiger partial charge in [-0.05, 0) is 73.6 Å². The fourth-order valence-corrected chi connectivity index (χ4v) is 6.44. The lowest BCUT2D eigenvalue weighted by Gasteiger charge is -2.29. The number of rotatable bonds is 12. The molecule has 3 aromatic rings. The van der Waals surface area contributed by atoms with Crippen molar-refractivity contribution in [3.05, 3.63) is 101 Å². The summed E-state index contributed by atoms with van der Waals surface area (Å²) in [5.74, 6) is -0.371. The minimum absolute atomic E-state index is 0.158. The monoisotopic (exact) mass is 581 g/mol. The van der Waals surface area contributed by atoms with E-state index in [1.165, 1.54) is 4.31 Å². The first-order valence-corrected chi connectivity index (χ1v) is 15.5. The Balaban J connectivity index is 1.39. The van der Waals surface area contributed by atoms with Crippen molar-refractivity contribution in [3.8, 4) is 0 Å². The Bertz CT molecular complexity index is 1370. The van der Waals surface area contributed by atoms with Crippen molar-refractivity contribution >= 4 is 33.4 Å². The Kier molecular flexibility index (Phi) is 10.4. The van der Waals surface area contributed by atoms with Crippen LogP contribution in [0.25, 0.3) is 0 Å². The number of halogens is 1. The largest absolute Gasteiger partial charge is 0.354 e. The molecule has 1 aliphatic rings. The summed E-state index contributed by atoms with van der Waals surface area (Å²) in [4.78, 5) is 28.4. The molecular weight excluding hydrogens is 546 g/mol. The van der Waals surface area contributed by atoms with Crippen LogP contribution in [0.4, 0.5) is 0 Å². The number of carbonyl (C=O) groups excluding carboxylic acids is 2. The first kappa shape index (κ1) is 29.8. The molecule has 7 nitrogen and oxygen atoms in total. The van der Waals surface area contributed by atoms with Gasteiger partial charge in [0.25, 0.3) is 0 Å². The summed E-state index contributed by atoms with van der Waals surface area (Å²) in [6.07, 6.45) is 3.09. The van der Waals surface area contributed by atoms with Gasteiger partial charge in [0, 0.05) is 37.6 Å². The third kappa shape index (κ3) is 7.93. The van der Waals surface area contributed by atoms with E-state index in [4.69, 9.17) is 11.6 Å². The maximum absolute atomic E-state index is 13.4. The molecule has 3 aromatic carbocycles. The van der Waals surface area contributed by atoms with Gasteiger partial charge in [-0.1, -0.05) is 66.2 Å². The van der Waals surface area contributed by atoms with E-state index in [0.717, 1.165) is 29.5 Å². The summed E-state index contributed by atoms with van der Waals surface area (Å²) < 4.78 is 27.1. The van der Waals surface area contributed by atoms with Gasteiger partial charge in [0.05, 0.1) is 4.90 Å². The van der Waals surface area contributed by atoms with E-state index in [0.29, 0.717) is 37.5 Å². The Labute approximate surface area is 242 Å². The molecule has 0 aliphatic carbocycles. The average molecular weight is 582 g/mol. The number of carbonyl (C=O) groups is 2. The van der Waals surface area contributed by atoms with E-state index in [1.807, 2.05) is 42.5 Å². The van der Waals surface area contributed by atoms with Gasteiger partial charge in [-0.25, -0.2) is 8.42 Å². The van der Waals surface area contributed by atoms with Crippen LogP contribution in [0.5, 0.6) is 0 Å². The SMILES string of the molecule is CC(C(=O)NCCc1ccccc1)N(Cc1ccc(Cl)cc1)C(=O)CCc1ccc(S(=O)(=O)N2CCCC2)cc1. The van der Waals surface area contributed by atoms with Gasteiger partial charge < -0.3 is 10.2 Å². The lowest BCUT2D eigenvalue weighted by atomic mass is 10.1. The molecule has 0 radical (unpaired) electrons. The van der Waals surface area contributed by atoms with Gasteiger partial charge in [0.15, 0.2) is 0 Å². The molecule has 0 saturated carbocycles. The smallest absolute Gasteiger partial charge is 0.243 e. The van der Waals surface area contributed by atoms with Crippen LogP contribution in [0.2, 0.25) is 5.02 Å². The standard InChI is InChI=1S/C31H36ClN3O4S/c1-24(31(37)33-20-19-25-7-3-2-4-8-25)35(23-27-9-14-28(32)15-10-27)30(36)18-13-26-11-16-29(17-12-26)40(38,39)34-21-5-6-22-34/h2-4,7-12,14-17,24H,5-6,13,18-23H2,1H3,(H,33,37). The van der Waals surface area contributed by atoms with Crippen LogP contribution < -0.4 is 5.32 Å². The molecule has 9 heteroatoms. The topological polar surface area (TPSA) is 86.8 Å². The Morgan fingerprint density at radius 3 is 2.12 bits per heavy atom. The Hall–Kier alpha value is -3.20. The molecule has 1 fully saturated rings. The van der Waals surface area contributed by atoms with Crippen molar-refractivity contribution in [3.63, 3.8) is 0 Å². The maximum atomic E-state index is 13.4. The summed E-state index contributed by atoms with van der Waals surface area (Å²) in [5.41, 5.74) is 2.86. The van der Waals surface area contributed by atoms with Crippen molar-refractivity contribution in [2.75, 3.05) is 19.6 Å². The highest BCUT2D eigenvalue weighted by atomic mass is 35.5. The predicted molar refractivity (Wildman–Crippen MR) is 157 cm³/mol. The summed E-state index contributed by atoms with van der Waals surface area (Å²) in [7, 11) is -3.48. The van der Waals surface area contributed by atoms with E-state index < -0.39 is 16.1 Å². The number of amides is 2. The van der Waals surface area contributed by atoms with Gasteiger partial charge in [-0.2, -0.15) is 4.31 Å². The van der Waals surface area contributed by atoms with Gasteiger partial charge in [0.1, 0.15) is 6.04 Å². The zero-order valence-electron chi connectivity index (χ0n) is 22.8. The van der Waals surface area contributed by atoms with Crippen LogP contribution in [-0.2, 0) is 39.0 Å². The normalized spacial score (nSPS) is 14.6. The summed E-state index contributed by atoms with van der Waals surface area (Å²) in [6, 6.07) is 23.2. The van der Waals surface area contributed by atoms with Gasteiger partial charge in [-0.15, -0.1) is 0 Å². The van der Waals surface area contributed by atoms with Gasteiger partial charge in [-0.3, -0.25) is 9.59 Å². The quantitative estimate of drug-likeness (QED) is 0.332. The first-order valence-electron chi connectivity index (χ1n) is 13.7. The summed E-state index contributed by atoms with van der Waals surface area (Å²) in [6.45, 7) is 3.60. The second kappa shape index (κ2) is 13.9. The minimum atomic E-state index is -3.48. The summed E-state index contributed by atoms with van der Waals surface area (Å²) >= 11 is 6.04.